The molecule has 40 heavy (non-hydrogen) atoms. The molecule has 4 aromatic rings. The van der Waals surface area contributed by atoms with Gasteiger partial charge in [0.15, 0.2) is 0 Å². The largest absolute Gasteiger partial charge is 0.423 e. The number of rotatable bonds is 9. The summed E-state index contributed by atoms with van der Waals surface area (Å²) in [5.74, 6) is -1.97. The highest BCUT2D eigenvalue weighted by Gasteiger charge is 2.15. The van der Waals surface area contributed by atoms with Crippen LogP contribution in [0, 0.1) is 6.92 Å². The van der Waals surface area contributed by atoms with Crippen molar-refractivity contribution in [3.63, 3.8) is 0 Å². The maximum absolute atomic E-state index is 12.7. The molecule has 0 atom stereocenters. The summed E-state index contributed by atoms with van der Waals surface area (Å²) in [5.41, 5.74) is 4.68. The lowest BCUT2D eigenvalue weighted by Crippen LogP contribution is -2.34. The molecule has 200 valence electrons. The summed E-state index contributed by atoms with van der Waals surface area (Å²) in [6, 6.07) is 28.2. The van der Waals surface area contributed by atoms with Gasteiger partial charge >= 0.3 is 11.9 Å². The third-order valence-corrected chi connectivity index (χ3v) is 5.50. The number of nitrogens with one attached hydrogen (secondary N) is 2. The minimum absolute atomic E-state index is 0.0537. The lowest BCUT2D eigenvalue weighted by atomic mass is 10.1. The van der Waals surface area contributed by atoms with Crippen LogP contribution in [0.3, 0.4) is 0 Å². The van der Waals surface area contributed by atoms with Gasteiger partial charge in [0.1, 0.15) is 11.5 Å². The smallest absolute Gasteiger partial charge is 0.343 e. The van der Waals surface area contributed by atoms with Crippen molar-refractivity contribution in [2.24, 2.45) is 5.10 Å². The van der Waals surface area contributed by atoms with Crippen LogP contribution in [-0.4, -0.2) is 36.5 Å². The summed E-state index contributed by atoms with van der Waals surface area (Å²) >= 11 is 0. The van der Waals surface area contributed by atoms with E-state index >= 15 is 0 Å². The SMILES string of the molecule is Cc1cccc(C(=O)NCC(=O)N/N=C/c2ccc(OC(=O)c3ccccc3)cc2OC(=O)c2ccccc2)c1. The fourth-order valence-corrected chi connectivity index (χ4v) is 3.51. The van der Waals surface area contributed by atoms with Crippen LogP contribution in [0.5, 0.6) is 11.5 Å². The molecular formula is C31H25N3O6. The van der Waals surface area contributed by atoms with Gasteiger partial charge in [0, 0.05) is 17.2 Å². The summed E-state index contributed by atoms with van der Waals surface area (Å²) in [6.07, 6.45) is 1.27. The molecule has 0 fully saturated rings. The number of aryl methyl sites for hydroxylation is 1. The number of esters is 2. The highest BCUT2D eigenvalue weighted by molar-refractivity contribution is 5.97. The first kappa shape index (κ1) is 27.5. The molecule has 0 radical (unpaired) electrons. The summed E-state index contributed by atoms with van der Waals surface area (Å²) in [5, 5.41) is 6.44. The quantitative estimate of drug-likeness (QED) is 0.142. The van der Waals surface area contributed by atoms with Gasteiger partial charge in [0.05, 0.1) is 23.9 Å². The normalized spacial score (nSPS) is 10.5. The van der Waals surface area contributed by atoms with Crippen molar-refractivity contribution >= 4 is 30.0 Å². The number of nitrogens with zero attached hydrogens (tertiary/aromatic N) is 1. The molecule has 0 aromatic heterocycles. The van der Waals surface area contributed by atoms with Gasteiger partial charge in [0.25, 0.3) is 11.8 Å². The second-order valence-electron chi connectivity index (χ2n) is 8.56. The zero-order valence-electron chi connectivity index (χ0n) is 21.5. The van der Waals surface area contributed by atoms with Crippen molar-refractivity contribution in [2.75, 3.05) is 6.54 Å². The Hall–Kier alpha value is -5.57. The lowest BCUT2D eigenvalue weighted by molar-refractivity contribution is -0.120. The van der Waals surface area contributed by atoms with Gasteiger partial charge in [-0.2, -0.15) is 5.10 Å². The highest BCUT2D eigenvalue weighted by Crippen LogP contribution is 2.26. The first-order valence-electron chi connectivity index (χ1n) is 12.2. The molecule has 0 unspecified atom stereocenters. The number of hydrazone groups is 1. The number of carbonyl (C=O) groups excluding carboxylic acids is 4. The van der Waals surface area contributed by atoms with E-state index in [-0.39, 0.29) is 18.0 Å². The molecule has 2 N–H and O–H groups in total. The maximum atomic E-state index is 12.7. The average Bonchev–Trinajstić information content (AvgIpc) is 2.98. The van der Waals surface area contributed by atoms with E-state index in [4.69, 9.17) is 9.47 Å². The Morgan fingerprint density at radius 1 is 0.725 bits per heavy atom. The fourth-order valence-electron chi connectivity index (χ4n) is 3.51. The van der Waals surface area contributed by atoms with Crippen LogP contribution in [0.1, 0.15) is 42.2 Å². The molecule has 4 aromatic carbocycles. The predicted molar refractivity (Wildman–Crippen MR) is 148 cm³/mol. The Labute approximate surface area is 230 Å². The molecule has 4 rings (SSSR count). The minimum Gasteiger partial charge on any atom is -0.423 e. The topological polar surface area (TPSA) is 123 Å². The van der Waals surface area contributed by atoms with Crippen LogP contribution in [-0.2, 0) is 4.79 Å². The summed E-state index contributed by atoms with van der Waals surface area (Å²) in [4.78, 5) is 49.6. The third kappa shape index (κ3) is 7.72. The number of ether oxygens (including phenoxy) is 2. The first-order valence-corrected chi connectivity index (χ1v) is 12.2. The van der Waals surface area contributed by atoms with Gasteiger partial charge in [0.2, 0.25) is 0 Å². The van der Waals surface area contributed by atoms with Crippen LogP contribution >= 0.6 is 0 Å². The number of benzene rings is 4. The Bertz CT molecular complexity index is 1550. The molecule has 9 heteroatoms. The third-order valence-electron chi connectivity index (χ3n) is 5.50. The predicted octanol–water partition coefficient (Wildman–Crippen LogP) is 4.31. The average molecular weight is 536 g/mol. The molecule has 0 saturated carbocycles. The van der Waals surface area contributed by atoms with E-state index in [9.17, 15) is 19.2 Å². The molecule has 0 spiro atoms. The van der Waals surface area contributed by atoms with E-state index in [0.29, 0.717) is 22.3 Å². The second-order valence-corrected chi connectivity index (χ2v) is 8.56. The van der Waals surface area contributed by atoms with Gasteiger partial charge in [-0.3, -0.25) is 9.59 Å². The number of hydrogen-bond acceptors (Lipinski definition) is 7. The van der Waals surface area contributed by atoms with E-state index in [1.165, 1.54) is 24.4 Å². The molecule has 9 nitrogen and oxygen atoms in total. The van der Waals surface area contributed by atoms with E-state index in [1.807, 2.05) is 13.0 Å². The fraction of sp³-hybridized carbons (Fsp3) is 0.0645. The van der Waals surface area contributed by atoms with Gasteiger partial charge < -0.3 is 14.8 Å². The standard InChI is InChI=1S/C31H25N3O6/c1-21-9-8-14-24(17-21)29(36)32-20-28(35)34-33-19-25-15-16-26(39-30(37)22-10-4-2-5-11-22)18-27(25)40-31(38)23-12-6-3-7-13-23/h2-19H,20H2,1H3,(H,32,36)(H,34,35)/b33-19+. The molecule has 0 saturated heterocycles. The monoisotopic (exact) mass is 535 g/mol. The van der Waals surface area contributed by atoms with Crippen molar-refractivity contribution in [1.82, 2.24) is 10.7 Å². The molecule has 0 aliphatic heterocycles. The summed E-state index contributed by atoms with van der Waals surface area (Å²) < 4.78 is 11.0. The molecule has 0 heterocycles. The van der Waals surface area contributed by atoms with Gasteiger partial charge in [-0.1, -0.05) is 54.1 Å². The summed E-state index contributed by atoms with van der Waals surface area (Å²) in [7, 11) is 0. The van der Waals surface area contributed by atoms with E-state index in [2.05, 4.69) is 15.8 Å². The molecule has 2 amide bonds. The minimum atomic E-state index is -0.635. The number of amides is 2. The van der Waals surface area contributed by atoms with Gasteiger partial charge in [-0.25, -0.2) is 15.0 Å². The van der Waals surface area contributed by atoms with Crippen LogP contribution in [0.15, 0.2) is 108 Å². The maximum Gasteiger partial charge on any atom is 0.343 e. The lowest BCUT2D eigenvalue weighted by Gasteiger charge is -2.10. The van der Waals surface area contributed by atoms with Crippen LogP contribution in [0.25, 0.3) is 0 Å². The van der Waals surface area contributed by atoms with Crippen molar-refractivity contribution in [3.8, 4) is 11.5 Å². The first-order chi connectivity index (χ1) is 19.4. The Kier molecular flexibility index (Phi) is 9.13. The zero-order valence-corrected chi connectivity index (χ0v) is 21.5. The molecule has 0 aliphatic rings. The van der Waals surface area contributed by atoms with Crippen molar-refractivity contribution in [1.29, 1.82) is 0 Å². The van der Waals surface area contributed by atoms with Gasteiger partial charge in [-0.15, -0.1) is 0 Å². The van der Waals surface area contributed by atoms with E-state index < -0.39 is 23.8 Å². The van der Waals surface area contributed by atoms with Crippen LogP contribution in [0.4, 0.5) is 0 Å². The van der Waals surface area contributed by atoms with Gasteiger partial charge in [-0.05, 0) is 55.5 Å². The molecule has 0 bridgehead atoms. The molecule has 0 aliphatic carbocycles. The number of carbonyl (C=O) groups is 4. The Morgan fingerprint density at radius 2 is 1.35 bits per heavy atom. The summed E-state index contributed by atoms with van der Waals surface area (Å²) in [6.45, 7) is 1.57. The Balaban J connectivity index is 1.44. The molecular weight excluding hydrogens is 510 g/mol. The zero-order chi connectivity index (χ0) is 28.3. The van der Waals surface area contributed by atoms with Crippen molar-refractivity contribution in [2.45, 2.75) is 6.92 Å². The van der Waals surface area contributed by atoms with Crippen LogP contribution < -0.4 is 20.2 Å². The number of hydrogen-bond donors (Lipinski definition) is 2. The van der Waals surface area contributed by atoms with Crippen molar-refractivity contribution in [3.05, 3.63) is 131 Å². The highest BCUT2D eigenvalue weighted by atomic mass is 16.5. The van der Waals surface area contributed by atoms with E-state index in [0.717, 1.165) is 5.56 Å². The van der Waals surface area contributed by atoms with Crippen LogP contribution in [0.2, 0.25) is 0 Å². The van der Waals surface area contributed by atoms with E-state index in [1.54, 1.807) is 78.9 Å². The second kappa shape index (κ2) is 13.3. The Morgan fingerprint density at radius 3 is 2.00 bits per heavy atom. The van der Waals surface area contributed by atoms with Crippen molar-refractivity contribution < 1.29 is 28.7 Å².